The second kappa shape index (κ2) is 7.85. The van der Waals surface area contributed by atoms with Crippen molar-refractivity contribution in [1.29, 1.82) is 0 Å². The van der Waals surface area contributed by atoms with E-state index >= 15 is 0 Å². The fourth-order valence-electron chi connectivity index (χ4n) is 2.00. The minimum Gasteiger partial charge on any atom is -0.376 e. The van der Waals surface area contributed by atoms with Gasteiger partial charge in [0.2, 0.25) is 5.91 Å². The van der Waals surface area contributed by atoms with Crippen LogP contribution in [0.2, 0.25) is 0 Å². The van der Waals surface area contributed by atoms with Gasteiger partial charge >= 0.3 is 0 Å². The third-order valence-electron chi connectivity index (χ3n) is 3.04. The van der Waals surface area contributed by atoms with Gasteiger partial charge in [0, 0.05) is 5.69 Å². The van der Waals surface area contributed by atoms with Crippen LogP contribution in [0.15, 0.2) is 60.7 Å². The van der Waals surface area contributed by atoms with E-state index in [1.165, 1.54) is 0 Å². The van der Waals surface area contributed by atoms with Crippen LogP contribution in [0.25, 0.3) is 0 Å². The molecule has 21 heavy (non-hydrogen) atoms. The van der Waals surface area contributed by atoms with E-state index in [1.807, 2.05) is 60.7 Å². The van der Waals surface area contributed by atoms with E-state index in [2.05, 4.69) is 10.6 Å². The number of carbonyl (C=O) groups is 2. The molecule has 0 aliphatic rings. The summed E-state index contributed by atoms with van der Waals surface area (Å²) in [6.07, 6.45) is 1.27. The smallest absolute Gasteiger partial charge is 0.239 e. The van der Waals surface area contributed by atoms with Gasteiger partial charge in [0.1, 0.15) is 6.29 Å². The maximum Gasteiger partial charge on any atom is 0.239 e. The minimum absolute atomic E-state index is 0.142. The lowest BCUT2D eigenvalue weighted by atomic mass is 10.1. The van der Waals surface area contributed by atoms with Crippen molar-refractivity contribution in [2.24, 2.45) is 0 Å². The fraction of sp³-hybridized carbons (Fsp3) is 0.176. The lowest BCUT2D eigenvalue weighted by Crippen LogP contribution is -2.40. The number of benzene rings is 2. The summed E-state index contributed by atoms with van der Waals surface area (Å²) in [5.74, 6) is -0.202. The van der Waals surface area contributed by atoms with Crippen molar-refractivity contribution in [3.05, 3.63) is 66.2 Å². The van der Waals surface area contributed by atoms with Crippen LogP contribution in [0.5, 0.6) is 0 Å². The van der Waals surface area contributed by atoms with Crippen LogP contribution in [0, 0.1) is 0 Å². The highest BCUT2D eigenvalue weighted by Gasteiger charge is 2.11. The average molecular weight is 282 g/mol. The first-order chi connectivity index (χ1) is 10.3. The Morgan fingerprint density at radius 1 is 1.00 bits per heavy atom. The molecule has 0 heterocycles. The van der Waals surface area contributed by atoms with Crippen LogP contribution in [0.4, 0.5) is 5.69 Å². The van der Waals surface area contributed by atoms with Gasteiger partial charge in [-0.2, -0.15) is 0 Å². The number of amides is 1. The second-order valence-electron chi connectivity index (χ2n) is 4.72. The summed E-state index contributed by atoms with van der Waals surface area (Å²) in [4.78, 5) is 22.9. The van der Waals surface area contributed by atoms with Gasteiger partial charge in [-0.1, -0.05) is 48.5 Å². The molecule has 1 atom stereocenters. The molecule has 2 N–H and O–H groups in total. The van der Waals surface area contributed by atoms with E-state index in [0.717, 1.165) is 17.5 Å². The van der Waals surface area contributed by atoms with Crippen LogP contribution in [-0.4, -0.2) is 24.8 Å². The number of anilines is 1. The molecule has 0 unspecified atom stereocenters. The summed E-state index contributed by atoms with van der Waals surface area (Å²) in [5, 5.41) is 5.73. The molecule has 2 aromatic rings. The quantitative estimate of drug-likeness (QED) is 0.764. The Kier molecular flexibility index (Phi) is 5.52. The van der Waals surface area contributed by atoms with Gasteiger partial charge < -0.3 is 15.4 Å². The molecule has 4 nitrogen and oxygen atoms in total. The van der Waals surface area contributed by atoms with Crippen LogP contribution in [-0.2, 0) is 16.0 Å². The first kappa shape index (κ1) is 14.8. The Bertz CT molecular complexity index is 570. The van der Waals surface area contributed by atoms with E-state index in [1.54, 1.807) is 0 Å². The third kappa shape index (κ3) is 5.10. The molecular formula is C17H18N2O2. The van der Waals surface area contributed by atoms with Gasteiger partial charge in [0.25, 0.3) is 0 Å². The maximum atomic E-state index is 11.8. The Hall–Kier alpha value is -2.62. The van der Waals surface area contributed by atoms with Crippen molar-refractivity contribution < 1.29 is 9.59 Å². The number of hydrogen-bond donors (Lipinski definition) is 2. The molecule has 0 aliphatic carbocycles. The molecule has 0 aromatic heterocycles. The van der Waals surface area contributed by atoms with E-state index in [-0.39, 0.29) is 12.5 Å². The zero-order valence-corrected chi connectivity index (χ0v) is 11.7. The van der Waals surface area contributed by atoms with E-state index in [0.29, 0.717) is 6.42 Å². The maximum absolute atomic E-state index is 11.8. The molecule has 0 saturated carbocycles. The van der Waals surface area contributed by atoms with Gasteiger partial charge in [0.05, 0.1) is 12.6 Å². The largest absolute Gasteiger partial charge is 0.376 e. The zero-order valence-electron chi connectivity index (χ0n) is 11.7. The number of rotatable bonds is 7. The van der Waals surface area contributed by atoms with Crippen molar-refractivity contribution in [3.8, 4) is 0 Å². The Balaban J connectivity index is 1.81. The van der Waals surface area contributed by atoms with E-state index < -0.39 is 6.04 Å². The molecule has 0 radical (unpaired) electrons. The van der Waals surface area contributed by atoms with Crippen LogP contribution < -0.4 is 10.6 Å². The standard InChI is InChI=1S/C17H18N2O2/c20-13-16(11-14-7-3-1-4-8-14)19-17(21)12-18-15-9-5-2-6-10-15/h1-10,13,16,18H,11-12H2,(H,19,21)/t16-/m0/s1. The van der Waals surface area contributed by atoms with Crippen molar-refractivity contribution in [1.82, 2.24) is 5.32 Å². The Morgan fingerprint density at radius 3 is 2.24 bits per heavy atom. The molecule has 4 heteroatoms. The summed E-state index contributed by atoms with van der Waals surface area (Å²) in [6, 6.07) is 18.6. The summed E-state index contributed by atoms with van der Waals surface area (Å²) in [6.45, 7) is 0.142. The molecule has 0 aliphatic heterocycles. The lowest BCUT2D eigenvalue weighted by molar-refractivity contribution is -0.122. The normalized spacial score (nSPS) is 11.4. The van der Waals surface area contributed by atoms with Crippen LogP contribution >= 0.6 is 0 Å². The second-order valence-corrected chi connectivity index (χ2v) is 4.72. The molecule has 2 rings (SSSR count). The summed E-state index contributed by atoms with van der Waals surface area (Å²) in [7, 11) is 0. The Labute approximate surface area is 124 Å². The first-order valence-electron chi connectivity index (χ1n) is 6.85. The van der Waals surface area contributed by atoms with Crippen molar-refractivity contribution in [2.45, 2.75) is 12.5 Å². The molecule has 0 saturated heterocycles. The highest BCUT2D eigenvalue weighted by Crippen LogP contribution is 2.04. The van der Waals surface area contributed by atoms with E-state index in [4.69, 9.17) is 0 Å². The minimum atomic E-state index is -0.502. The average Bonchev–Trinajstić information content (AvgIpc) is 2.54. The molecule has 2 aromatic carbocycles. The molecule has 1 amide bonds. The van der Waals surface area contributed by atoms with Gasteiger partial charge in [-0.25, -0.2) is 0 Å². The number of hydrogen-bond acceptors (Lipinski definition) is 3. The lowest BCUT2D eigenvalue weighted by Gasteiger charge is -2.13. The predicted molar refractivity (Wildman–Crippen MR) is 83.1 cm³/mol. The fourth-order valence-corrected chi connectivity index (χ4v) is 2.00. The molecule has 108 valence electrons. The van der Waals surface area contributed by atoms with Crippen LogP contribution in [0.1, 0.15) is 5.56 Å². The Morgan fingerprint density at radius 2 is 1.62 bits per heavy atom. The highest BCUT2D eigenvalue weighted by atomic mass is 16.2. The van der Waals surface area contributed by atoms with Crippen molar-refractivity contribution >= 4 is 17.9 Å². The van der Waals surface area contributed by atoms with Crippen molar-refractivity contribution in [3.63, 3.8) is 0 Å². The number of aldehydes is 1. The zero-order chi connectivity index (χ0) is 14.9. The number of para-hydroxylation sites is 1. The number of nitrogens with one attached hydrogen (secondary N) is 2. The molecule has 0 spiro atoms. The molecule has 0 bridgehead atoms. The van der Waals surface area contributed by atoms with E-state index in [9.17, 15) is 9.59 Å². The topological polar surface area (TPSA) is 58.2 Å². The first-order valence-corrected chi connectivity index (χ1v) is 6.85. The predicted octanol–water partition coefficient (Wildman–Crippen LogP) is 2.02. The number of carbonyl (C=O) groups excluding carboxylic acids is 2. The summed E-state index contributed by atoms with van der Waals surface area (Å²) >= 11 is 0. The summed E-state index contributed by atoms with van der Waals surface area (Å²) < 4.78 is 0. The van der Waals surface area contributed by atoms with Crippen molar-refractivity contribution in [2.75, 3.05) is 11.9 Å². The molecule has 0 fully saturated rings. The molecular weight excluding hydrogens is 264 g/mol. The highest BCUT2D eigenvalue weighted by molar-refractivity contribution is 5.83. The van der Waals surface area contributed by atoms with Gasteiger partial charge in [-0.15, -0.1) is 0 Å². The van der Waals surface area contributed by atoms with Gasteiger partial charge in [0.15, 0.2) is 0 Å². The van der Waals surface area contributed by atoms with Gasteiger partial charge in [-0.3, -0.25) is 4.79 Å². The SMILES string of the molecule is O=C[C@H](Cc1ccccc1)NC(=O)CNc1ccccc1. The van der Waals surface area contributed by atoms with Crippen LogP contribution in [0.3, 0.4) is 0 Å². The third-order valence-corrected chi connectivity index (χ3v) is 3.04. The summed E-state index contributed by atoms with van der Waals surface area (Å²) in [5.41, 5.74) is 1.89. The van der Waals surface area contributed by atoms with Gasteiger partial charge in [-0.05, 0) is 24.1 Å². The monoisotopic (exact) mass is 282 g/mol.